The van der Waals surface area contributed by atoms with E-state index in [2.05, 4.69) is 12.2 Å². The van der Waals surface area contributed by atoms with Crippen molar-refractivity contribution in [2.75, 3.05) is 11.6 Å². The van der Waals surface area contributed by atoms with E-state index in [1.165, 1.54) is 11.8 Å². The summed E-state index contributed by atoms with van der Waals surface area (Å²) in [4.78, 5) is 37.9. The highest BCUT2D eigenvalue weighted by Crippen LogP contribution is 2.34. The molecule has 7 heteroatoms. The van der Waals surface area contributed by atoms with Crippen LogP contribution in [0.25, 0.3) is 0 Å². The molecule has 2 aliphatic rings. The lowest BCUT2D eigenvalue weighted by atomic mass is 9.75. The molecule has 23 heavy (non-hydrogen) atoms. The molecule has 0 aromatic heterocycles. The van der Waals surface area contributed by atoms with E-state index in [0.717, 1.165) is 19.3 Å². The van der Waals surface area contributed by atoms with Crippen molar-refractivity contribution in [1.82, 2.24) is 10.2 Å². The average Bonchev–Trinajstić information content (AvgIpc) is 3.04. The Morgan fingerprint density at radius 3 is 2.43 bits per heavy atom. The van der Waals surface area contributed by atoms with Gasteiger partial charge in [-0.15, -0.1) is 11.8 Å². The van der Waals surface area contributed by atoms with Crippen LogP contribution in [0.15, 0.2) is 0 Å². The minimum atomic E-state index is -1.17. The lowest BCUT2D eigenvalue weighted by Crippen LogP contribution is -2.60. The van der Waals surface area contributed by atoms with Gasteiger partial charge in [-0.3, -0.25) is 9.59 Å². The first-order chi connectivity index (χ1) is 10.9. The van der Waals surface area contributed by atoms with E-state index in [1.807, 2.05) is 0 Å². The van der Waals surface area contributed by atoms with Crippen LogP contribution >= 0.6 is 11.8 Å². The number of aliphatic carboxylic acids is 1. The molecule has 1 unspecified atom stereocenters. The van der Waals surface area contributed by atoms with Gasteiger partial charge in [0.15, 0.2) is 0 Å². The van der Waals surface area contributed by atoms with Gasteiger partial charge in [0.1, 0.15) is 11.6 Å². The number of nitrogens with one attached hydrogen (secondary N) is 1. The van der Waals surface area contributed by atoms with Gasteiger partial charge in [-0.25, -0.2) is 4.79 Å². The van der Waals surface area contributed by atoms with Crippen molar-refractivity contribution < 1.29 is 19.5 Å². The Hall–Kier alpha value is -1.24. The number of hydrogen-bond donors (Lipinski definition) is 2. The smallest absolute Gasteiger partial charge is 0.329 e. The van der Waals surface area contributed by atoms with Crippen molar-refractivity contribution in [1.29, 1.82) is 0 Å². The molecular weight excluding hydrogens is 316 g/mol. The Labute approximate surface area is 141 Å². The standard InChI is InChI=1S/C16H26N2O4S/c1-3-11-5-7-16(8-6-11,15(21)22)17-14(20)12-9-23-10-18(12)13(19)4-2/h11-12H,3-10H2,1-2H3,(H,17,20)(H,21,22). The highest BCUT2D eigenvalue weighted by molar-refractivity contribution is 7.99. The quantitative estimate of drug-likeness (QED) is 0.796. The van der Waals surface area contributed by atoms with E-state index in [9.17, 15) is 19.5 Å². The Bertz CT molecular complexity index is 475. The van der Waals surface area contributed by atoms with Gasteiger partial charge in [0.2, 0.25) is 11.8 Å². The number of amides is 2. The maximum Gasteiger partial charge on any atom is 0.329 e. The van der Waals surface area contributed by atoms with Crippen LogP contribution in [0.4, 0.5) is 0 Å². The van der Waals surface area contributed by atoms with Crippen molar-refractivity contribution in [3.63, 3.8) is 0 Å². The molecule has 2 fully saturated rings. The van der Waals surface area contributed by atoms with Gasteiger partial charge in [0, 0.05) is 12.2 Å². The molecule has 2 N–H and O–H groups in total. The van der Waals surface area contributed by atoms with Gasteiger partial charge >= 0.3 is 5.97 Å². The van der Waals surface area contributed by atoms with Gasteiger partial charge in [-0.2, -0.15) is 0 Å². The number of hydrogen-bond acceptors (Lipinski definition) is 4. The number of thioether (sulfide) groups is 1. The lowest BCUT2D eigenvalue weighted by Gasteiger charge is -2.38. The first-order valence-electron chi connectivity index (χ1n) is 8.36. The van der Waals surface area contributed by atoms with E-state index in [4.69, 9.17) is 0 Å². The maximum absolute atomic E-state index is 12.6. The molecule has 0 aromatic rings. The third-order valence-electron chi connectivity index (χ3n) is 5.12. The van der Waals surface area contributed by atoms with Crippen LogP contribution in [0.3, 0.4) is 0 Å². The predicted octanol–water partition coefficient (Wildman–Crippen LogP) is 1.84. The summed E-state index contributed by atoms with van der Waals surface area (Å²) in [5, 5.41) is 12.4. The molecule has 2 rings (SSSR count). The average molecular weight is 342 g/mol. The number of carboxylic acid groups (broad SMARTS) is 1. The SMILES string of the molecule is CCC(=O)N1CSCC1C(=O)NC1(C(=O)O)CCC(CC)CC1. The fraction of sp³-hybridized carbons (Fsp3) is 0.812. The molecule has 2 amide bonds. The number of carbonyl (C=O) groups is 3. The fourth-order valence-corrected chi connectivity index (χ4v) is 4.58. The normalized spacial score (nSPS) is 31.0. The predicted molar refractivity (Wildman–Crippen MR) is 89.0 cm³/mol. The summed E-state index contributed by atoms with van der Waals surface area (Å²) >= 11 is 1.53. The van der Waals surface area contributed by atoms with E-state index < -0.39 is 17.6 Å². The summed E-state index contributed by atoms with van der Waals surface area (Å²) in [7, 11) is 0. The summed E-state index contributed by atoms with van der Waals surface area (Å²) in [5.41, 5.74) is -1.17. The van der Waals surface area contributed by atoms with Crippen molar-refractivity contribution in [3.8, 4) is 0 Å². The van der Waals surface area contributed by atoms with Gasteiger partial charge in [-0.1, -0.05) is 20.3 Å². The van der Waals surface area contributed by atoms with Crippen LogP contribution in [0.5, 0.6) is 0 Å². The number of carbonyl (C=O) groups excluding carboxylic acids is 2. The molecule has 0 aromatic carbocycles. The van der Waals surface area contributed by atoms with E-state index in [0.29, 0.717) is 36.8 Å². The molecule has 0 spiro atoms. The minimum Gasteiger partial charge on any atom is -0.480 e. The monoisotopic (exact) mass is 342 g/mol. The topological polar surface area (TPSA) is 86.7 Å². The molecule has 0 bridgehead atoms. The number of rotatable bonds is 5. The first kappa shape index (κ1) is 18.1. The molecule has 0 radical (unpaired) electrons. The molecule has 1 aliphatic carbocycles. The van der Waals surface area contributed by atoms with Crippen LogP contribution < -0.4 is 5.32 Å². The zero-order chi connectivity index (χ0) is 17.0. The Morgan fingerprint density at radius 1 is 1.26 bits per heavy atom. The zero-order valence-corrected chi connectivity index (χ0v) is 14.7. The molecule has 1 saturated heterocycles. The van der Waals surface area contributed by atoms with Gasteiger partial charge in [0.05, 0.1) is 5.88 Å². The van der Waals surface area contributed by atoms with E-state index in [-0.39, 0.29) is 11.8 Å². The summed E-state index contributed by atoms with van der Waals surface area (Å²) in [6.07, 6.45) is 3.97. The molecule has 1 saturated carbocycles. The third kappa shape index (κ3) is 3.82. The highest BCUT2D eigenvalue weighted by Gasteiger charge is 2.45. The summed E-state index contributed by atoms with van der Waals surface area (Å²) in [5.74, 6) is 0.232. The van der Waals surface area contributed by atoms with Crippen molar-refractivity contribution in [3.05, 3.63) is 0 Å². The maximum atomic E-state index is 12.6. The second-order valence-electron chi connectivity index (χ2n) is 6.46. The molecule has 1 aliphatic heterocycles. The summed E-state index contributed by atoms with van der Waals surface area (Å²) in [6, 6.07) is -0.549. The van der Waals surface area contributed by atoms with Crippen molar-refractivity contribution in [2.45, 2.75) is 64.0 Å². The molecule has 1 heterocycles. The molecule has 6 nitrogen and oxygen atoms in total. The van der Waals surface area contributed by atoms with Crippen LogP contribution in [-0.2, 0) is 14.4 Å². The van der Waals surface area contributed by atoms with E-state index in [1.54, 1.807) is 11.8 Å². The summed E-state index contributed by atoms with van der Waals surface area (Å²) in [6.45, 7) is 3.88. The van der Waals surface area contributed by atoms with Crippen LogP contribution in [-0.4, -0.2) is 51.0 Å². The minimum absolute atomic E-state index is 0.0609. The molecular formula is C16H26N2O4S. The van der Waals surface area contributed by atoms with E-state index >= 15 is 0 Å². The first-order valence-corrected chi connectivity index (χ1v) is 9.51. The molecule has 1 atom stereocenters. The largest absolute Gasteiger partial charge is 0.480 e. The van der Waals surface area contributed by atoms with Crippen LogP contribution in [0.1, 0.15) is 52.4 Å². The Balaban J connectivity index is 2.07. The Kier molecular flexibility index (Phi) is 5.95. The number of nitrogens with zero attached hydrogens (tertiary/aromatic N) is 1. The van der Waals surface area contributed by atoms with Crippen molar-refractivity contribution in [2.24, 2.45) is 5.92 Å². The molecule has 130 valence electrons. The number of carboxylic acids is 1. The van der Waals surface area contributed by atoms with Gasteiger partial charge < -0.3 is 15.3 Å². The fourth-order valence-electron chi connectivity index (χ4n) is 3.40. The van der Waals surface area contributed by atoms with Crippen LogP contribution in [0, 0.1) is 5.92 Å². The van der Waals surface area contributed by atoms with Gasteiger partial charge in [-0.05, 0) is 31.6 Å². The second-order valence-corrected chi connectivity index (χ2v) is 7.46. The summed E-state index contributed by atoms with van der Waals surface area (Å²) < 4.78 is 0. The Morgan fingerprint density at radius 2 is 1.91 bits per heavy atom. The third-order valence-corrected chi connectivity index (χ3v) is 6.13. The van der Waals surface area contributed by atoms with Crippen LogP contribution in [0.2, 0.25) is 0 Å². The second kappa shape index (κ2) is 7.55. The van der Waals surface area contributed by atoms with Crippen molar-refractivity contribution >= 4 is 29.5 Å². The highest BCUT2D eigenvalue weighted by atomic mass is 32.2. The lowest BCUT2D eigenvalue weighted by molar-refractivity contribution is -0.151. The zero-order valence-electron chi connectivity index (χ0n) is 13.8. The van der Waals surface area contributed by atoms with Gasteiger partial charge in [0.25, 0.3) is 0 Å².